The summed E-state index contributed by atoms with van der Waals surface area (Å²) in [6.07, 6.45) is 1.82. The van der Waals surface area contributed by atoms with Crippen molar-refractivity contribution in [1.82, 2.24) is 4.98 Å². The van der Waals surface area contributed by atoms with Crippen molar-refractivity contribution >= 4 is 16.7 Å². The van der Waals surface area contributed by atoms with Gasteiger partial charge in [-0.25, -0.2) is 0 Å². The van der Waals surface area contributed by atoms with E-state index in [-0.39, 0.29) is 5.78 Å². The van der Waals surface area contributed by atoms with E-state index < -0.39 is 0 Å². The van der Waals surface area contributed by atoms with Crippen LogP contribution in [0.1, 0.15) is 15.9 Å². The number of aromatic nitrogens is 1. The minimum atomic E-state index is -0.114. The summed E-state index contributed by atoms with van der Waals surface area (Å²) in [7, 11) is 4.58. The number of nitrogens with one attached hydrogen (secondary N) is 1. The molecule has 0 bridgehead atoms. The third-order valence-corrected chi connectivity index (χ3v) is 3.76. The first-order chi connectivity index (χ1) is 11.2. The van der Waals surface area contributed by atoms with Crippen LogP contribution in [0.4, 0.5) is 0 Å². The first kappa shape index (κ1) is 15.0. The quantitative estimate of drug-likeness (QED) is 0.733. The number of ether oxygens (including phenoxy) is 3. The number of hydrogen-bond donors (Lipinski definition) is 1. The van der Waals surface area contributed by atoms with Gasteiger partial charge in [0.1, 0.15) is 0 Å². The molecule has 118 valence electrons. The highest BCUT2D eigenvalue weighted by atomic mass is 16.5. The van der Waals surface area contributed by atoms with E-state index in [0.29, 0.717) is 28.4 Å². The number of fused-ring (bicyclic) bond motifs is 1. The monoisotopic (exact) mass is 311 g/mol. The predicted molar refractivity (Wildman–Crippen MR) is 87.8 cm³/mol. The highest BCUT2D eigenvalue weighted by molar-refractivity contribution is 6.16. The van der Waals surface area contributed by atoms with Gasteiger partial charge in [0.05, 0.1) is 26.8 Å². The molecule has 0 amide bonds. The third-order valence-electron chi connectivity index (χ3n) is 3.76. The third kappa shape index (κ3) is 2.50. The second kappa shape index (κ2) is 6.04. The number of rotatable bonds is 5. The minimum absolute atomic E-state index is 0.114. The first-order valence-electron chi connectivity index (χ1n) is 7.10. The molecular weight excluding hydrogens is 294 g/mol. The van der Waals surface area contributed by atoms with Gasteiger partial charge in [0.25, 0.3) is 0 Å². The van der Waals surface area contributed by atoms with E-state index in [1.165, 1.54) is 21.3 Å². The highest BCUT2D eigenvalue weighted by Crippen LogP contribution is 2.39. The number of para-hydroxylation sites is 1. The zero-order chi connectivity index (χ0) is 16.4. The Morgan fingerprint density at radius 2 is 1.65 bits per heavy atom. The smallest absolute Gasteiger partial charge is 0.203 e. The second-order valence-electron chi connectivity index (χ2n) is 4.99. The Morgan fingerprint density at radius 3 is 2.26 bits per heavy atom. The molecule has 0 aliphatic heterocycles. The zero-order valence-corrected chi connectivity index (χ0v) is 13.2. The first-order valence-corrected chi connectivity index (χ1v) is 7.10. The molecule has 5 nitrogen and oxygen atoms in total. The minimum Gasteiger partial charge on any atom is -0.493 e. The lowest BCUT2D eigenvalue weighted by molar-refractivity contribution is 0.103. The molecule has 1 N–H and O–H groups in total. The van der Waals surface area contributed by atoms with Gasteiger partial charge >= 0.3 is 0 Å². The number of H-pyrrole nitrogens is 1. The Kier molecular flexibility index (Phi) is 3.93. The van der Waals surface area contributed by atoms with Crippen LogP contribution in [0.5, 0.6) is 17.2 Å². The molecule has 0 saturated carbocycles. The van der Waals surface area contributed by atoms with Crippen molar-refractivity contribution in [2.45, 2.75) is 0 Å². The molecule has 0 aliphatic rings. The second-order valence-corrected chi connectivity index (χ2v) is 4.99. The van der Waals surface area contributed by atoms with Crippen LogP contribution in [-0.4, -0.2) is 32.1 Å². The van der Waals surface area contributed by atoms with Crippen LogP contribution in [0.2, 0.25) is 0 Å². The normalized spacial score (nSPS) is 10.6. The summed E-state index contributed by atoms with van der Waals surface area (Å²) in [6, 6.07) is 10.9. The molecule has 3 rings (SSSR count). The van der Waals surface area contributed by atoms with Crippen molar-refractivity contribution in [3.8, 4) is 17.2 Å². The molecule has 0 saturated heterocycles. The summed E-state index contributed by atoms with van der Waals surface area (Å²) >= 11 is 0. The molecule has 0 spiro atoms. The van der Waals surface area contributed by atoms with Crippen molar-refractivity contribution in [3.63, 3.8) is 0 Å². The van der Waals surface area contributed by atoms with E-state index in [2.05, 4.69) is 4.98 Å². The number of hydrogen-bond acceptors (Lipinski definition) is 4. The van der Waals surface area contributed by atoms with Crippen molar-refractivity contribution in [2.75, 3.05) is 21.3 Å². The fourth-order valence-corrected chi connectivity index (χ4v) is 2.64. The maximum atomic E-state index is 12.9. The topological polar surface area (TPSA) is 60.6 Å². The molecule has 5 heteroatoms. The molecule has 1 heterocycles. The van der Waals surface area contributed by atoms with Gasteiger partial charge in [-0.1, -0.05) is 12.1 Å². The summed E-state index contributed by atoms with van der Waals surface area (Å²) in [4.78, 5) is 16.0. The SMILES string of the molecule is COc1cc(C(=O)c2cccc3cc[nH]c23)cc(OC)c1OC. The summed E-state index contributed by atoms with van der Waals surface area (Å²) in [5.41, 5.74) is 1.88. The Labute approximate surface area is 133 Å². The van der Waals surface area contributed by atoms with Crippen LogP contribution < -0.4 is 14.2 Å². The van der Waals surface area contributed by atoms with Crippen LogP contribution in [0.3, 0.4) is 0 Å². The van der Waals surface area contributed by atoms with Crippen molar-refractivity contribution in [2.24, 2.45) is 0 Å². The van der Waals surface area contributed by atoms with Crippen LogP contribution in [0.15, 0.2) is 42.6 Å². The Morgan fingerprint density at radius 1 is 0.957 bits per heavy atom. The molecule has 3 aromatic rings. The Bertz CT molecular complexity index is 841. The van der Waals surface area contributed by atoms with E-state index >= 15 is 0 Å². The van der Waals surface area contributed by atoms with Crippen molar-refractivity contribution in [3.05, 3.63) is 53.7 Å². The van der Waals surface area contributed by atoms with E-state index in [0.717, 1.165) is 10.9 Å². The van der Waals surface area contributed by atoms with Crippen LogP contribution in [0.25, 0.3) is 10.9 Å². The zero-order valence-electron chi connectivity index (χ0n) is 13.2. The number of carbonyl (C=O) groups is 1. The summed E-state index contributed by atoms with van der Waals surface area (Å²) < 4.78 is 15.9. The lowest BCUT2D eigenvalue weighted by Crippen LogP contribution is -2.04. The molecule has 0 radical (unpaired) electrons. The van der Waals surface area contributed by atoms with Gasteiger partial charge in [0.15, 0.2) is 17.3 Å². The van der Waals surface area contributed by atoms with Crippen LogP contribution in [-0.2, 0) is 0 Å². The fourth-order valence-electron chi connectivity index (χ4n) is 2.64. The Balaban J connectivity index is 2.14. The van der Waals surface area contributed by atoms with E-state index in [1.54, 1.807) is 18.2 Å². The summed E-state index contributed by atoms with van der Waals surface area (Å²) in [6.45, 7) is 0. The van der Waals surface area contributed by atoms with E-state index in [9.17, 15) is 4.79 Å². The van der Waals surface area contributed by atoms with Crippen LogP contribution >= 0.6 is 0 Å². The predicted octanol–water partition coefficient (Wildman–Crippen LogP) is 3.42. The molecule has 1 aromatic heterocycles. The van der Waals surface area contributed by atoms with Gasteiger partial charge in [-0.05, 0) is 24.3 Å². The van der Waals surface area contributed by atoms with Gasteiger partial charge in [0.2, 0.25) is 5.75 Å². The van der Waals surface area contributed by atoms with Gasteiger partial charge in [-0.2, -0.15) is 0 Å². The number of carbonyl (C=O) groups excluding carboxylic acids is 1. The molecule has 0 unspecified atom stereocenters. The maximum Gasteiger partial charge on any atom is 0.203 e. The van der Waals surface area contributed by atoms with Gasteiger partial charge < -0.3 is 19.2 Å². The lowest BCUT2D eigenvalue weighted by atomic mass is 10.0. The molecule has 0 aliphatic carbocycles. The van der Waals surface area contributed by atoms with Crippen LogP contribution in [0, 0.1) is 0 Å². The summed E-state index contributed by atoms with van der Waals surface area (Å²) in [5.74, 6) is 1.25. The number of aromatic amines is 1. The standard InChI is InChI=1S/C18H17NO4/c1-21-14-9-12(10-15(22-2)18(14)23-3)17(20)13-6-4-5-11-7-8-19-16(11)13/h4-10,19H,1-3H3. The molecule has 0 atom stereocenters. The Hall–Kier alpha value is -2.95. The molecular formula is C18H17NO4. The fraction of sp³-hybridized carbons (Fsp3) is 0.167. The molecule has 2 aromatic carbocycles. The molecule has 23 heavy (non-hydrogen) atoms. The van der Waals surface area contributed by atoms with Crippen molar-refractivity contribution < 1.29 is 19.0 Å². The average Bonchev–Trinajstić information content (AvgIpc) is 3.08. The largest absolute Gasteiger partial charge is 0.493 e. The van der Waals surface area contributed by atoms with E-state index in [4.69, 9.17) is 14.2 Å². The summed E-state index contributed by atoms with van der Waals surface area (Å²) in [5, 5.41) is 0.989. The highest BCUT2D eigenvalue weighted by Gasteiger charge is 2.19. The van der Waals surface area contributed by atoms with Gasteiger partial charge in [-0.3, -0.25) is 4.79 Å². The lowest BCUT2D eigenvalue weighted by Gasteiger charge is -2.14. The number of methoxy groups -OCH3 is 3. The van der Waals surface area contributed by atoms with Crippen molar-refractivity contribution in [1.29, 1.82) is 0 Å². The number of ketones is 1. The maximum absolute atomic E-state index is 12.9. The average molecular weight is 311 g/mol. The number of benzene rings is 2. The van der Waals surface area contributed by atoms with Gasteiger partial charge in [0, 0.05) is 22.7 Å². The molecule has 0 fully saturated rings. The van der Waals surface area contributed by atoms with E-state index in [1.807, 2.05) is 24.4 Å². The van der Waals surface area contributed by atoms with Gasteiger partial charge in [-0.15, -0.1) is 0 Å².